The number of alkyl halides is 3. The van der Waals surface area contributed by atoms with Gasteiger partial charge in [-0.25, -0.2) is 4.98 Å². The third-order valence-electron chi connectivity index (χ3n) is 3.34. The fourth-order valence-corrected chi connectivity index (χ4v) is 3.35. The fraction of sp³-hybridized carbons (Fsp3) is 0.133. The molecule has 10 heteroatoms. The Morgan fingerprint density at radius 2 is 2.04 bits per heavy atom. The van der Waals surface area contributed by atoms with Crippen molar-refractivity contribution in [2.24, 2.45) is 7.05 Å². The molecule has 0 bridgehead atoms. The molecular weight excluding hydrogens is 377 g/mol. The summed E-state index contributed by atoms with van der Waals surface area (Å²) in [6.45, 7) is 0. The summed E-state index contributed by atoms with van der Waals surface area (Å²) in [6, 6.07) is 7.65. The number of carbonyl (C=O) groups is 1. The third-order valence-corrected chi connectivity index (χ3v) is 4.68. The molecule has 1 amide bonds. The third kappa shape index (κ3) is 3.38. The van der Waals surface area contributed by atoms with E-state index in [-0.39, 0.29) is 5.69 Å². The molecule has 0 aliphatic rings. The Kier molecular flexibility index (Phi) is 4.53. The summed E-state index contributed by atoms with van der Waals surface area (Å²) in [5, 5.41) is 4.55. The molecular formula is C15H10ClF3N4OS. The van der Waals surface area contributed by atoms with Gasteiger partial charge in [-0.1, -0.05) is 35.1 Å². The Morgan fingerprint density at radius 3 is 2.64 bits per heavy atom. The van der Waals surface area contributed by atoms with Crippen LogP contribution in [0.2, 0.25) is 5.02 Å². The number of rotatable bonds is 4. The molecule has 0 unspecified atom stereocenters. The number of aryl methyl sites for hydroxylation is 1. The first kappa shape index (κ1) is 17.4. The maximum atomic E-state index is 12.8. The highest BCUT2D eigenvalue weighted by Crippen LogP contribution is 2.38. The van der Waals surface area contributed by atoms with Crippen LogP contribution in [0.3, 0.4) is 0 Å². The molecule has 0 fully saturated rings. The predicted octanol–water partition coefficient (Wildman–Crippen LogP) is 4.51. The molecule has 0 aliphatic carbocycles. The van der Waals surface area contributed by atoms with Crippen LogP contribution < -0.4 is 4.90 Å². The van der Waals surface area contributed by atoms with Crippen LogP contribution in [-0.4, -0.2) is 21.2 Å². The van der Waals surface area contributed by atoms with Crippen molar-refractivity contribution >= 4 is 40.0 Å². The molecule has 1 aromatic carbocycles. The maximum absolute atomic E-state index is 12.8. The van der Waals surface area contributed by atoms with Gasteiger partial charge in [0.05, 0.1) is 22.6 Å². The molecule has 0 saturated carbocycles. The van der Waals surface area contributed by atoms with E-state index in [1.54, 1.807) is 24.3 Å². The van der Waals surface area contributed by atoms with Gasteiger partial charge < -0.3 is 0 Å². The molecule has 0 saturated heterocycles. The zero-order valence-electron chi connectivity index (χ0n) is 12.7. The first-order valence-electron chi connectivity index (χ1n) is 6.87. The lowest BCUT2D eigenvalue weighted by Gasteiger charge is -2.15. The van der Waals surface area contributed by atoms with Crippen LogP contribution in [0.15, 0.2) is 36.5 Å². The van der Waals surface area contributed by atoms with E-state index in [0.717, 1.165) is 22.1 Å². The molecule has 2 heterocycles. The Labute approximate surface area is 149 Å². The minimum absolute atomic E-state index is 0.202. The molecule has 130 valence electrons. The van der Waals surface area contributed by atoms with Gasteiger partial charge in [0.15, 0.2) is 5.69 Å². The largest absolute Gasteiger partial charge is 0.435 e. The number of hydrogen-bond donors (Lipinski definition) is 0. The summed E-state index contributed by atoms with van der Waals surface area (Å²) in [5.41, 5.74) is -0.343. The minimum atomic E-state index is -4.54. The molecule has 25 heavy (non-hydrogen) atoms. The Balaban J connectivity index is 1.99. The first-order chi connectivity index (χ1) is 11.8. The van der Waals surface area contributed by atoms with Gasteiger partial charge in [0, 0.05) is 7.05 Å². The van der Waals surface area contributed by atoms with Gasteiger partial charge in [-0.2, -0.15) is 18.3 Å². The Bertz CT molecular complexity index is 922. The van der Waals surface area contributed by atoms with Crippen LogP contribution in [0.1, 0.15) is 5.69 Å². The number of nitrogens with zero attached hydrogens (tertiary/aromatic N) is 4. The lowest BCUT2D eigenvalue weighted by molar-refractivity contribution is -0.141. The number of carbonyl (C=O) groups excluding carboxylic acids is 1. The van der Waals surface area contributed by atoms with Gasteiger partial charge in [-0.15, -0.1) is 0 Å². The number of halogens is 4. The Hall–Kier alpha value is -2.39. The van der Waals surface area contributed by atoms with E-state index >= 15 is 0 Å². The van der Waals surface area contributed by atoms with Crippen molar-refractivity contribution in [3.63, 3.8) is 0 Å². The van der Waals surface area contributed by atoms with Gasteiger partial charge >= 0.3 is 6.18 Å². The highest BCUT2D eigenvalue weighted by molar-refractivity contribution is 7.19. The summed E-state index contributed by atoms with van der Waals surface area (Å²) < 4.78 is 39.5. The molecule has 0 aliphatic heterocycles. The number of thiazole rings is 1. The zero-order valence-corrected chi connectivity index (χ0v) is 14.2. The van der Waals surface area contributed by atoms with E-state index in [4.69, 9.17) is 11.6 Å². The fourth-order valence-electron chi connectivity index (χ4n) is 2.18. The van der Waals surface area contributed by atoms with E-state index in [0.29, 0.717) is 27.1 Å². The normalized spacial score (nSPS) is 11.6. The molecule has 0 spiro atoms. The molecule has 2 aromatic heterocycles. The van der Waals surface area contributed by atoms with Crippen molar-refractivity contribution in [1.82, 2.24) is 14.8 Å². The van der Waals surface area contributed by atoms with Crippen LogP contribution in [0.4, 0.5) is 23.9 Å². The van der Waals surface area contributed by atoms with Crippen LogP contribution in [-0.2, 0) is 18.0 Å². The summed E-state index contributed by atoms with van der Waals surface area (Å²) >= 11 is 7.15. The van der Waals surface area contributed by atoms with E-state index < -0.39 is 11.9 Å². The van der Waals surface area contributed by atoms with Gasteiger partial charge in [-0.3, -0.25) is 14.4 Å². The Morgan fingerprint density at radius 1 is 1.32 bits per heavy atom. The topological polar surface area (TPSA) is 51.0 Å². The molecule has 0 N–H and O–H groups in total. The van der Waals surface area contributed by atoms with Crippen LogP contribution in [0.5, 0.6) is 0 Å². The van der Waals surface area contributed by atoms with Crippen molar-refractivity contribution in [2.75, 3.05) is 4.90 Å². The quantitative estimate of drug-likeness (QED) is 0.620. The average Bonchev–Trinajstić information content (AvgIpc) is 3.16. The second kappa shape index (κ2) is 6.49. The van der Waals surface area contributed by atoms with E-state index in [2.05, 4.69) is 10.1 Å². The number of benzene rings is 1. The maximum Gasteiger partial charge on any atom is 0.435 e. The van der Waals surface area contributed by atoms with Gasteiger partial charge in [0.25, 0.3) is 0 Å². The van der Waals surface area contributed by atoms with Crippen molar-refractivity contribution in [2.45, 2.75) is 6.18 Å². The highest BCUT2D eigenvalue weighted by atomic mass is 35.5. The smallest absolute Gasteiger partial charge is 0.278 e. The average molecular weight is 387 g/mol. The van der Waals surface area contributed by atoms with Crippen molar-refractivity contribution < 1.29 is 18.0 Å². The van der Waals surface area contributed by atoms with Crippen LogP contribution >= 0.6 is 22.9 Å². The standard InChI is InChI=1S/C15H10ClF3N4OS/c1-22-11(6-12(21-22)15(17,18)19)14-20-7-13(25-14)23(8-24)10-5-3-2-4-9(10)16/h2-8H,1H3. The number of anilines is 2. The van der Waals surface area contributed by atoms with Gasteiger partial charge in [-0.05, 0) is 18.2 Å². The lowest BCUT2D eigenvalue weighted by Crippen LogP contribution is -2.12. The highest BCUT2D eigenvalue weighted by Gasteiger charge is 2.35. The molecule has 3 aromatic rings. The molecule has 3 rings (SSSR count). The number of para-hydroxylation sites is 1. The first-order valence-corrected chi connectivity index (χ1v) is 8.07. The lowest BCUT2D eigenvalue weighted by atomic mass is 10.3. The van der Waals surface area contributed by atoms with Crippen LogP contribution in [0, 0.1) is 0 Å². The summed E-state index contributed by atoms with van der Waals surface area (Å²) in [4.78, 5) is 16.9. The van der Waals surface area contributed by atoms with Crippen molar-refractivity contribution in [3.05, 3.63) is 47.2 Å². The molecule has 0 atom stereocenters. The number of amides is 1. The monoisotopic (exact) mass is 386 g/mol. The summed E-state index contributed by atoms with van der Waals surface area (Å²) in [7, 11) is 1.40. The number of aromatic nitrogens is 3. The zero-order chi connectivity index (χ0) is 18.2. The predicted molar refractivity (Wildman–Crippen MR) is 89.0 cm³/mol. The van der Waals surface area contributed by atoms with E-state index in [9.17, 15) is 18.0 Å². The summed E-state index contributed by atoms with van der Waals surface area (Å²) in [5.74, 6) is 0. The number of hydrogen-bond acceptors (Lipinski definition) is 4. The summed E-state index contributed by atoms with van der Waals surface area (Å²) in [6.07, 6.45) is -2.57. The van der Waals surface area contributed by atoms with Crippen LogP contribution in [0.25, 0.3) is 10.7 Å². The molecule has 0 radical (unpaired) electrons. The van der Waals surface area contributed by atoms with E-state index in [1.165, 1.54) is 18.1 Å². The van der Waals surface area contributed by atoms with Gasteiger partial charge in [0.1, 0.15) is 10.0 Å². The van der Waals surface area contributed by atoms with Gasteiger partial charge in [0.2, 0.25) is 6.41 Å². The minimum Gasteiger partial charge on any atom is -0.278 e. The SMILES string of the molecule is Cn1nc(C(F)(F)F)cc1-c1ncc(N(C=O)c2ccccc2Cl)s1. The second-order valence-corrected chi connectivity index (χ2v) is 6.38. The molecule has 5 nitrogen and oxygen atoms in total. The van der Waals surface area contributed by atoms with E-state index in [1.807, 2.05) is 0 Å². The van der Waals surface area contributed by atoms with Crippen molar-refractivity contribution in [1.29, 1.82) is 0 Å². The second-order valence-electron chi connectivity index (χ2n) is 4.97. The van der Waals surface area contributed by atoms with Crippen molar-refractivity contribution in [3.8, 4) is 10.7 Å².